The van der Waals surface area contributed by atoms with E-state index < -0.39 is 0 Å². The fraction of sp³-hybridized carbons (Fsp3) is 0.286. The van der Waals surface area contributed by atoms with E-state index in [-0.39, 0.29) is 36.7 Å². The maximum absolute atomic E-state index is 12.8. The normalized spacial score (nSPS) is 18.3. The maximum atomic E-state index is 12.8. The summed E-state index contributed by atoms with van der Waals surface area (Å²) < 4.78 is 0. The first kappa shape index (κ1) is 16.5. The lowest BCUT2D eigenvalue weighted by Crippen LogP contribution is -2.39. The largest absolute Gasteiger partial charge is 0.309 e. The second kappa shape index (κ2) is 6.09. The molecule has 1 unspecified atom stereocenters. The molecule has 2 aliphatic rings. The monoisotopic (exact) mass is 348 g/mol. The number of rotatable bonds is 3. The van der Waals surface area contributed by atoms with Gasteiger partial charge in [-0.05, 0) is 44.0 Å². The molecule has 26 heavy (non-hydrogen) atoms. The van der Waals surface area contributed by atoms with Crippen LogP contribution in [-0.4, -0.2) is 35.2 Å². The van der Waals surface area contributed by atoms with Gasteiger partial charge in [-0.25, -0.2) is 0 Å². The molecule has 0 saturated carbocycles. The van der Waals surface area contributed by atoms with Gasteiger partial charge in [0.2, 0.25) is 5.91 Å². The van der Waals surface area contributed by atoms with Crippen LogP contribution in [0.25, 0.3) is 0 Å². The number of carbonyl (C=O) groups excluding carboxylic acids is 3. The van der Waals surface area contributed by atoms with Crippen molar-refractivity contribution < 1.29 is 14.4 Å². The lowest BCUT2D eigenvalue weighted by molar-refractivity contribution is -0.119. The van der Waals surface area contributed by atoms with Crippen LogP contribution in [0.15, 0.2) is 42.5 Å². The van der Waals surface area contributed by atoms with Crippen LogP contribution >= 0.6 is 0 Å². The molecule has 0 radical (unpaired) electrons. The van der Waals surface area contributed by atoms with Gasteiger partial charge in [0.15, 0.2) is 0 Å². The van der Waals surface area contributed by atoms with Crippen LogP contribution in [0.4, 0.5) is 5.69 Å². The standard InChI is InChI=1S/C21H20N2O3/c1-13-7-8-16-17(11-13)21(26)22(20(16)25)10-9-19(24)23-14(2)12-15-5-3-4-6-18(15)23/h3-8,11,14H,9-10,12H2,1-2H3. The van der Waals surface area contributed by atoms with Gasteiger partial charge in [0.1, 0.15) is 0 Å². The predicted molar refractivity (Wildman–Crippen MR) is 98.3 cm³/mol. The molecule has 0 bridgehead atoms. The maximum Gasteiger partial charge on any atom is 0.261 e. The topological polar surface area (TPSA) is 57.7 Å². The summed E-state index contributed by atoms with van der Waals surface area (Å²) >= 11 is 0. The molecule has 2 heterocycles. The van der Waals surface area contributed by atoms with E-state index in [0.29, 0.717) is 11.1 Å². The Balaban J connectivity index is 1.49. The van der Waals surface area contributed by atoms with Crippen molar-refractivity contribution in [1.29, 1.82) is 0 Å². The molecule has 1 atom stereocenters. The highest BCUT2D eigenvalue weighted by molar-refractivity contribution is 6.21. The Labute approximate surface area is 152 Å². The highest BCUT2D eigenvalue weighted by Crippen LogP contribution is 2.32. The molecule has 0 saturated heterocycles. The number of para-hydroxylation sites is 1. The smallest absolute Gasteiger partial charge is 0.261 e. The van der Waals surface area contributed by atoms with E-state index in [0.717, 1.165) is 23.2 Å². The minimum absolute atomic E-state index is 0.0600. The van der Waals surface area contributed by atoms with E-state index in [1.807, 2.05) is 44.2 Å². The summed E-state index contributed by atoms with van der Waals surface area (Å²) in [6, 6.07) is 13.2. The molecule has 132 valence electrons. The molecule has 5 nitrogen and oxygen atoms in total. The van der Waals surface area contributed by atoms with Gasteiger partial charge in [-0.1, -0.05) is 29.8 Å². The van der Waals surface area contributed by atoms with E-state index in [2.05, 4.69) is 0 Å². The number of benzene rings is 2. The Bertz CT molecular complexity index is 935. The van der Waals surface area contributed by atoms with Gasteiger partial charge in [0, 0.05) is 24.7 Å². The summed E-state index contributed by atoms with van der Waals surface area (Å²) in [5.74, 6) is -0.681. The Kier molecular flexibility index (Phi) is 3.87. The first-order valence-electron chi connectivity index (χ1n) is 8.84. The van der Waals surface area contributed by atoms with E-state index >= 15 is 0 Å². The average Bonchev–Trinajstić information content (AvgIpc) is 3.07. The number of fused-ring (bicyclic) bond motifs is 2. The first-order valence-corrected chi connectivity index (χ1v) is 8.84. The summed E-state index contributed by atoms with van der Waals surface area (Å²) in [6.45, 7) is 4.01. The fourth-order valence-corrected chi connectivity index (χ4v) is 3.88. The molecular formula is C21H20N2O3. The molecule has 3 amide bonds. The second-order valence-electron chi connectivity index (χ2n) is 7.01. The van der Waals surface area contributed by atoms with Crippen molar-refractivity contribution in [2.45, 2.75) is 32.7 Å². The molecule has 5 heteroatoms. The van der Waals surface area contributed by atoms with E-state index in [9.17, 15) is 14.4 Å². The molecule has 4 rings (SSSR count). The fourth-order valence-electron chi connectivity index (χ4n) is 3.88. The van der Waals surface area contributed by atoms with Crippen LogP contribution in [0.5, 0.6) is 0 Å². The Hall–Kier alpha value is -2.95. The molecule has 2 aromatic rings. The van der Waals surface area contributed by atoms with Crippen molar-refractivity contribution in [2.24, 2.45) is 0 Å². The zero-order chi connectivity index (χ0) is 18.4. The SMILES string of the molecule is Cc1ccc2c(c1)C(=O)N(CCC(=O)N1c3ccccc3CC1C)C2=O. The number of anilines is 1. The summed E-state index contributed by atoms with van der Waals surface area (Å²) in [5.41, 5.74) is 3.88. The third-order valence-electron chi connectivity index (χ3n) is 5.15. The minimum atomic E-state index is -0.312. The predicted octanol–water partition coefficient (Wildman–Crippen LogP) is 2.96. The molecule has 0 aliphatic carbocycles. The molecule has 2 aliphatic heterocycles. The van der Waals surface area contributed by atoms with E-state index in [4.69, 9.17) is 0 Å². The minimum Gasteiger partial charge on any atom is -0.309 e. The van der Waals surface area contributed by atoms with Crippen molar-refractivity contribution >= 4 is 23.4 Å². The van der Waals surface area contributed by atoms with Gasteiger partial charge >= 0.3 is 0 Å². The molecule has 2 aromatic carbocycles. The number of hydrogen-bond acceptors (Lipinski definition) is 3. The van der Waals surface area contributed by atoms with Gasteiger partial charge in [-0.15, -0.1) is 0 Å². The van der Waals surface area contributed by atoms with Crippen molar-refractivity contribution in [3.8, 4) is 0 Å². The van der Waals surface area contributed by atoms with Crippen LogP contribution in [0.3, 0.4) is 0 Å². The lowest BCUT2D eigenvalue weighted by atomic mass is 10.1. The quantitative estimate of drug-likeness (QED) is 0.802. The Morgan fingerprint density at radius 2 is 1.81 bits per heavy atom. The Morgan fingerprint density at radius 1 is 1.08 bits per heavy atom. The molecule has 0 N–H and O–H groups in total. The average molecular weight is 348 g/mol. The van der Waals surface area contributed by atoms with Gasteiger partial charge < -0.3 is 4.90 Å². The lowest BCUT2D eigenvalue weighted by Gasteiger charge is -2.24. The van der Waals surface area contributed by atoms with Gasteiger partial charge in [-0.3, -0.25) is 19.3 Å². The third kappa shape index (κ3) is 2.51. The summed E-state index contributed by atoms with van der Waals surface area (Å²) in [5, 5.41) is 0. The highest BCUT2D eigenvalue weighted by Gasteiger charge is 2.37. The van der Waals surface area contributed by atoms with Crippen LogP contribution in [0, 0.1) is 6.92 Å². The number of imide groups is 1. The van der Waals surface area contributed by atoms with Crippen molar-refractivity contribution in [2.75, 3.05) is 11.4 Å². The molecule has 0 aromatic heterocycles. The summed E-state index contributed by atoms with van der Waals surface area (Å²) in [6.07, 6.45) is 0.956. The van der Waals surface area contributed by atoms with Crippen LogP contribution in [0.1, 0.15) is 45.2 Å². The summed E-state index contributed by atoms with van der Waals surface area (Å²) in [4.78, 5) is 40.8. The van der Waals surface area contributed by atoms with Crippen molar-refractivity contribution in [3.63, 3.8) is 0 Å². The number of hydrogen-bond donors (Lipinski definition) is 0. The number of amides is 3. The summed E-state index contributed by atoms with van der Waals surface area (Å²) in [7, 11) is 0. The zero-order valence-electron chi connectivity index (χ0n) is 14.9. The number of nitrogens with zero attached hydrogens (tertiary/aromatic N) is 2. The van der Waals surface area contributed by atoms with Crippen molar-refractivity contribution in [1.82, 2.24) is 4.90 Å². The highest BCUT2D eigenvalue weighted by atomic mass is 16.2. The number of aryl methyl sites for hydroxylation is 1. The molecular weight excluding hydrogens is 328 g/mol. The van der Waals surface area contributed by atoms with Gasteiger partial charge in [0.05, 0.1) is 11.1 Å². The second-order valence-corrected chi connectivity index (χ2v) is 7.01. The third-order valence-corrected chi connectivity index (χ3v) is 5.15. The van der Waals surface area contributed by atoms with Gasteiger partial charge in [0.25, 0.3) is 11.8 Å². The van der Waals surface area contributed by atoms with E-state index in [1.54, 1.807) is 17.0 Å². The first-order chi connectivity index (χ1) is 12.5. The van der Waals surface area contributed by atoms with Crippen LogP contribution < -0.4 is 4.90 Å². The zero-order valence-corrected chi connectivity index (χ0v) is 14.9. The molecule has 0 spiro atoms. The number of carbonyl (C=O) groups is 3. The Morgan fingerprint density at radius 3 is 2.62 bits per heavy atom. The molecule has 0 fully saturated rings. The van der Waals surface area contributed by atoms with Crippen LogP contribution in [0.2, 0.25) is 0 Å². The van der Waals surface area contributed by atoms with E-state index in [1.165, 1.54) is 4.90 Å². The van der Waals surface area contributed by atoms with Crippen LogP contribution in [-0.2, 0) is 11.2 Å². The van der Waals surface area contributed by atoms with Crippen molar-refractivity contribution in [3.05, 3.63) is 64.7 Å². The van der Waals surface area contributed by atoms with Gasteiger partial charge in [-0.2, -0.15) is 0 Å².